The van der Waals surface area contributed by atoms with Crippen molar-refractivity contribution in [1.29, 1.82) is 0 Å². The van der Waals surface area contributed by atoms with E-state index in [-0.39, 0.29) is 17.9 Å². The van der Waals surface area contributed by atoms with Gasteiger partial charge >= 0.3 is 0 Å². The molecule has 3 aromatic rings. The summed E-state index contributed by atoms with van der Waals surface area (Å²) < 4.78 is 0. The molecule has 5 nitrogen and oxygen atoms in total. The molecule has 2 amide bonds. The summed E-state index contributed by atoms with van der Waals surface area (Å²) in [5.74, 6) is 0.516. The summed E-state index contributed by atoms with van der Waals surface area (Å²) >= 11 is 0. The Bertz CT molecular complexity index is 986. The van der Waals surface area contributed by atoms with Crippen molar-refractivity contribution >= 4 is 22.7 Å². The van der Waals surface area contributed by atoms with E-state index in [0.717, 1.165) is 36.6 Å². The number of fused-ring (bicyclic) bond motifs is 1. The van der Waals surface area contributed by atoms with Gasteiger partial charge in [-0.3, -0.25) is 9.59 Å². The summed E-state index contributed by atoms with van der Waals surface area (Å²) in [6.07, 6.45) is 4.20. The number of carbonyl (C=O) groups excluding carboxylic acids is 2. The van der Waals surface area contributed by atoms with E-state index in [4.69, 9.17) is 0 Å². The first kappa shape index (κ1) is 21.2. The molecule has 2 N–H and O–H groups in total. The van der Waals surface area contributed by atoms with Gasteiger partial charge in [-0.25, -0.2) is 0 Å². The van der Waals surface area contributed by atoms with E-state index in [1.165, 1.54) is 5.56 Å². The Morgan fingerprint density at radius 3 is 2.52 bits per heavy atom. The fourth-order valence-corrected chi connectivity index (χ4v) is 4.40. The van der Waals surface area contributed by atoms with Gasteiger partial charge in [-0.05, 0) is 56.2 Å². The summed E-state index contributed by atoms with van der Waals surface area (Å²) in [6.45, 7) is 3.48. The highest BCUT2D eigenvalue weighted by molar-refractivity contribution is 5.98. The van der Waals surface area contributed by atoms with E-state index in [1.54, 1.807) is 0 Å². The van der Waals surface area contributed by atoms with Gasteiger partial charge in [-0.15, -0.1) is 0 Å². The molecule has 4 rings (SSSR count). The molecular formula is C26H31N3O2. The molecule has 1 aliphatic heterocycles. The first-order chi connectivity index (χ1) is 15.1. The normalized spacial score (nSPS) is 15.7. The Hall–Kier alpha value is -3.08. The molecule has 0 radical (unpaired) electrons. The molecule has 0 spiro atoms. The summed E-state index contributed by atoms with van der Waals surface area (Å²) in [7, 11) is 0. The number of hydrogen-bond donors (Lipinski definition) is 2. The minimum Gasteiger partial charge on any atom is -0.354 e. The molecule has 162 valence electrons. The number of carbonyl (C=O) groups is 2. The molecule has 0 bridgehead atoms. The second kappa shape index (κ2) is 9.82. The Morgan fingerprint density at radius 2 is 1.77 bits per heavy atom. The maximum absolute atomic E-state index is 12.8. The van der Waals surface area contributed by atoms with E-state index in [9.17, 15) is 9.59 Å². The van der Waals surface area contributed by atoms with E-state index in [2.05, 4.69) is 29.4 Å². The van der Waals surface area contributed by atoms with Crippen LogP contribution in [0.25, 0.3) is 10.9 Å². The minimum atomic E-state index is 0.0497. The van der Waals surface area contributed by atoms with Crippen LogP contribution in [0, 0.1) is 5.92 Å². The zero-order valence-corrected chi connectivity index (χ0v) is 18.1. The summed E-state index contributed by atoms with van der Waals surface area (Å²) in [5.41, 5.74) is 2.93. The van der Waals surface area contributed by atoms with Gasteiger partial charge < -0.3 is 15.2 Å². The number of H-pyrrole nitrogens is 1. The van der Waals surface area contributed by atoms with E-state index < -0.39 is 0 Å². The molecule has 0 saturated carbocycles. The van der Waals surface area contributed by atoms with Gasteiger partial charge in [0.1, 0.15) is 5.69 Å². The lowest BCUT2D eigenvalue weighted by molar-refractivity contribution is -0.122. The van der Waals surface area contributed by atoms with Crippen LogP contribution in [-0.4, -0.2) is 40.8 Å². The van der Waals surface area contributed by atoms with E-state index in [1.807, 2.05) is 53.4 Å². The SMILES string of the molecule is C[C@@H](CCc1ccccc1)NC(=O)CC1CCN(C(=O)c2cc3ccccc3[nH]2)CC1. The second-order valence-electron chi connectivity index (χ2n) is 8.70. The molecule has 1 atom stereocenters. The van der Waals surface area contributed by atoms with Gasteiger partial charge in [0.2, 0.25) is 5.91 Å². The zero-order valence-electron chi connectivity index (χ0n) is 18.1. The number of piperidine rings is 1. The van der Waals surface area contributed by atoms with Crippen molar-refractivity contribution in [1.82, 2.24) is 15.2 Å². The number of hydrogen-bond acceptors (Lipinski definition) is 2. The summed E-state index contributed by atoms with van der Waals surface area (Å²) in [5, 5.41) is 4.20. The van der Waals surface area contributed by atoms with Crippen LogP contribution in [0.15, 0.2) is 60.7 Å². The summed E-state index contributed by atoms with van der Waals surface area (Å²) in [4.78, 5) is 30.5. The Kier molecular flexibility index (Phi) is 6.70. The number of benzene rings is 2. The van der Waals surface area contributed by atoms with Crippen LogP contribution >= 0.6 is 0 Å². The molecule has 1 aromatic heterocycles. The predicted molar refractivity (Wildman–Crippen MR) is 124 cm³/mol. The number of rotatable bonds is 7. The number of nitrogens with zero attached hydrogens (tertiary/aromatic N) is 1. The van der Waals surface area contributed by atoms with Crippen molar-refractivity contribution in [3.8, 4) is 0 Å². The Labute approximate surface area is 183 Å². The Balaban J connectivity index is 1.20. The molecule has 1 saturated heterocycles. The number of nitrogens with one attached hydrogen (secondary N) is 2. The molecule has 0 unspecified atom stereocenters. The van der Waals surface area contributed by atoms with Crippen molar-refractivity contribution in [3.63, 3.8) is 0 Å². The van der Waals surface area contributed by atoms with Crippen LogP contribution in [0.1, 0.15) is 48.7 Å². The lowest BCUT2D eigenvalue weighted by Crippen LogP contribution is -2.40. The predicted octanol–water partition coefficient (Wildman–Crippen LogP) is 4.55. The topological polar surface area (TPSA) is 65.2 Å². The van der Waals surface area contributed by atoms with Crippen LogP contribution in [0.3, 0.4) is 0 Å². The third-order valence-corrected chi connectivity index (χ3v) is 6.25. The van der Waals surface area contributed by atoms with Crippen molar-refractivity contribution in [2.45, 2.75) is 45.1 Å². The third kappa shape index (κ3) is 5.54. The number of para-hydroxylation sites is 1. The average Bonchev–Trinajstić information content (AvgIpc) is 3.23. The number of aromatic amines is 1. The van der Waals surface area contributed by atoms with Gasteiger partial charge in [0, 0.05) is 36.5 Å². The number of amides is 2. The van der Waals surface area contributed by atoms with Crippen LogP contribution in [0.2, 0.25) is 0 Å². The molecule has 5 heteroatoms. The van der Waals surface area contributed by atoms with Crippen molar-refractivity contribution in [2.24, 2.45) is 5.92 Å². The van der Waals surface area contributed by atoms with Gasteiger partial charge in [0.05, 0.1) is 0 Å². The second-order valence-corrected chi connectivity index (χ2v) is 8.70. The monoisotopic (exact) mass is 417 g/mol. The smallest absolute Gasteiger partial charge is 0.270 e. The fourth-order valence-electron chi connectivity index (χ4n) is 4.40. The molecule has 2 heterocycles. The largest absolute Gasteiger partial charge is 0.354 e. The quantitative estimate of drug-likeness (QED) is 0.592. The molecule has 1 fully saturated rings. The maximum atomic E-state index is 12.8. The highest BCUT2D eigenvalue weighted by Crippen LogP contribution is 2.23. The lowest BCUT2D eigenvalue weighted by Gasteiger charge is -2.31. The van der Waals surface area contributed by atoms with Crippen LogP contribution < -0.4 is 5.32 Å². The Morgan fingerprint density at radius 1 is 1.06 bits per heavy atom. The van der Waals surface area contributed by atoms with Crippen LogP contribution in [0.4, 0.5) is 0 Å². The van der Waals surface area contributed by atoms with E-state index >= 15 is 0 Å². The first-order valence-electron chi connectivity index (χ1n) is 11.3. The number of aromatic nitrogens is 1. The van der Waals surface area contributed by atoms with Crippen molar-refractivity contribution in [2.75, 3.05) is 13.1 Å². The highest BCUT2D eigenvalue weighted by atomic mass is 16.2. The van der Waals surface area contributed by atoms with Gasteiger partial charge in [-0.1, -0.05) is 48.5 Å². The zero-order chi connectivity index (χ0) is 21.6. The maximum Gasteiger partial charge on any atom is 0.270 e. The van der Waals surface area contributed by atoms with Gasteiger partial charge in [0.25, 0.3) is 5.91 Å². The summed E-state index contributed by atoms with van der Waals surface area (Å²) in [6, 6.07) is 20.4. The molecule has 0 aliphatic carbocycles. The number of aryl methyl sites for hydroxylation is 1. The fraction of sp³-hybridized carbons (Fsp3) is 0.385. The van der Waals surface area contributed by atoms with Crippen molar-refractivity contribution < 1.29 is 9.59 Å². The van der Waals surface area contributed by atoms with E-state index in [0.29, 0.717) is 31.1 Å². The van der Waals surface area contributed by atoms with Crippen molar-refractivity contribution in [3.05, 3.63) is 71.9 Å². The minimum absolute atomic E-state index is 0.0497. The standard InChI is InChI=1S/C26H31N3O2/c1-19(11-12-20-7-3-2-4-8-20)27-25(30)17-21-13-15-29(16-14-21)26(31)24-18-22-9-5-6-10-23(22)28-24/h2-10,18-19,21,28H,11-17H2,1H3,(H,27,30)/t19-/m0/s1. The average molecular weight is 418 g/mol. The van der Waals surface area contributed by atoms with Crippen LogP contribution in [0.5, 0.6) is 0 Å². The molecule has 31 heavy (non-hydrogen) atoms. The first-order valence-corrected chi connectivity index (χ1v) is 11.3. The molecule has 1 aliphatic rings. The van der Waals surface area contributed by atoms with Gasteiger partial charge in [-0.2, -0.15) is 0 Å². The molecule has 2 aromatic carbocycles. The molecular weight excluding hydrogens is 386 g/mol. The van der Waals surface area contributed by atoms with Gasteiger partial charge in [0.15, 0.2) is 0 Å². The van der Waals surface area contributed by atoms with Crippen LogP contribution in [-0.2, 0) is 11.2 Å². The highest BCUT2D eigenvalue weighted by Gasteiger charge is 2.26. The number of likely N-dealkylation sites (tertiary alicyclic amines) is 1. The lowest BCUT2D eigenvalue weighted by atomic mass is 9.93. The third-order valence-electron chi connectivity index (χ3n) is 6.25.